The first-order valence-corrected chi connectivity index (χ1v) is 5.04. The zero-order valence-electron chi connectivity index (χ0n) is 7.87. The van der Waals surface area contributed by atoms with E-state index in [1.165, 1.54) is 12.1 Å². The first kappa shape index (κ1) is 11.0. The van der Waals surface area contributed by atoms with Crippen molar-refractivity contribution in [2.45, 2.75) is 0 Å². The van der Waals surface area contributed by atoms with Crippen LogP contribution in [0.2, 0.25) is 10.0 Å². The van der Waals surface area contributed by atoms with Gasteiger partial charge in [-0.3, -0.25) is 4.79 Å². The van der Waals surface area contributed by atoms with E-state index in [-0.39, 0.29) is 22.0 Å². The molecule has 4 nitrogen and oxygen atoms in total. The Balaban J connectivity index is 2.86. The number of halogens is 2. The number of carbonyl (C=O) groups excluding carboxylic acids is 1. The molecule has 82 valence electrons. The molecular formula is C10H6Cl2N2O2. The van der Waals surface area contributed by atoms with Gasteiger partial charge in [-0.25, -0.2) is 4.98 Å². The van der Waals surface area contributed by atoms with Crippen LogP contribution in [0.3, 0.4) is 0 Å². The molecule has 0 fully saturated rings. The Hall–Kier alpha value is -1.52. The lowest BCUT2D eigenvalue weighted by Gasteiger charge is -2.05. The number of hydrogen-bond donors (Lipinski definition) is 2. The van der Waals surface area contributed by atoms with Crippen LogP contribution in [-0.2, 0) is 0 Å². The number of benzene rings is 1. The van der Waals surface area contributed by atoms with Crippen molar-refractivity contribution in [1.82, 2.24) is 4.98 Å². The van der Waals surface area contributed by atoms with E-state index in [1.54, 1.807) is 6.07 Å². The van der Waals surface area contributed by atoms with E-state index in [0.29, 0.717) is 10.4 Å². The average Bonchev–Trinajstić information content (AvgIpc) is 2.25. The average molecular weight is 257 g/mol. The Morgan fingerprint density at radius 3 is 2.62 bits per heavy atom. The summed E-state index contributed by atoms with van der Waals surface area (Å²) in [6.45, 7) is 0. The second kappa shape index (κ2) is 3.81. The molecule has 0 aliphatic rings. The number of nitrogens with two attached hydrogens (primary N) is 1. The highest BCUT2D eigenvalue weighted by Gasteiger charge is 2.12. The van der Waals surface area contributed by atoms with Gasteiger partial charge in [0.1, 0.15) is 11.2 Å². The lowest BCUT2D eigenvalue weighted by atomic mass is 10.2. The minimum atomic E-state index is -0.683. The number of nitrogens with zero attached hydrogens (tertiary/aromatic N) is 1. The van der Waals surface area contributed by atoms with Crippen LogP contribution in [0.4, 0.5) is 0 Å². The van der Waals surface area contributed by atoms with Gasteiger partial charge in [0, 0.05) is 5.39 Å². The highest BCUT2D eigenvalue weighted by atomic mass is 35.5. The van der Waals surface area contributed by atoms with Crippen LogP contribution in [0.15, 0.2) is 18.2 Å². The number of amides is 1. The van der Waals surface area contributed by atoms with Gasteiger partial charge in [-0.15, -0.1) is 0 Å². The van der Waals surface area contributed by atoms with Crippen LogP contribution < -0.4 is 5.73 Å². The zero-order chi connectivity index (χ0) is 11.9. The molecule has 0 atom stereocenters. The number of primary amides is 1. The molecule has 2 aromatic rings. The lowest BCUT2D eigenvalue weighted by molar-refractivity contribution is 0.0996. The fourth-order valence-electron chi connectivity index (χ4n) is 1.34. The third-order valence-electron chi connectivity index (χ3n) is 2.11. The molecule has 0 saturated heterocycles. The van der Waals surface area contributed by atoms with Crippen molar-refractivity contribution in [1.29, 1.82) is 0 Å². The summed E-state index contributed by atoms with van der Waals surface area (Å²) in [4.78, 5) is 14.8. The van der Waals surface area contributed by atoms with Crippen LogP contribution in [-0.4, -0.2) is 16.0 Å². The molecular weight excluding hydrogens is 251 g/mol. The lowest BCUT2D eigenvalue weighted by Crippen LogP contribution is -2.12. The topological polar surface area (TPSA) is 76.2 Å². The third-order valence-corrected chi connectivity index (χ3v) is 2.71. The summed E-state index contributed by atoms with van der Waals surface area (Å²) in [6.07, 6.45) is 0. The fourth-order valence-corrected chi connectivity index (χ4v) is 1.86. The van der Waals surface area contributed by atoms with Gasteiger partial charge < -0.3 is 10.8 Å². The molecule has 0 aliphatic carbocycles. The normalized spacial score (nSPS) is 10.6. The minimum absolute atomic E-state index is 0.0427. The monoisotopic (exact) mass is 256 g/mol. The minimum Gasteiger partial charge on any atom is -0.504 e. The molecule has 1 aromatic carbocycles. The fraction of sp³-hybridized carbons (Fsp3) is 0. The Bertz CT molecular complexity index is 599. The molecule has 0 radical (unpaired) electrons. The molecule has 0 spiro atoms. The molecule has 0 unspecified atom stereocenters. The first-order valence-electron chi connectivity index (χ1n) is 4.28. The summed E-state index contributed by atoms with van der Waals surface area (Å²) in [5, 5.41) is 10.6. The van der Waals surface area contributed by atoms with E-state index in [4.69, 9.17) is 28.9 Å². The van der Waals surface area contributed by atoms with Gasteiger partial charge in [-0.1, -0.05) is 23.2 Å². The highest BCUT2D eigenvalue weighted by Crippen LogP contribution is 2.36. The Labute approximate surface area is 101 Å². The van der Waals surface area contributed by atoms with E-state index in [9.17, 15) is 9.90 Å². The van der Waals surface area contributed by atoms with Gasteiger partial charge >= 0.3 is 0 Å². The molecule has 0 aliphatic heterocycles. The molecule has 0 saturated carbocycles. The number of phenols is 1. The second-order valence-corrected chi connectivity index (χ2v) is 3.96. The molecule has 1 aromatic heterocycles. The maximum Gasteiger partial charge on any atom is 0.267 e. The molecule has 3 N–H and O–H groups in total. The number of aromatic nitrogens is 1. The highest BCUT2D eigenvalue weighted by molar-refractivity contribution is 6.39. The summed E-state index contributed by atoms with van der Waals surface area (Å²) in [5.74, 6) is -0.901. The summed E-state index contributed by atoms with van der Waals surface area (Å²) < 4.78 is 0. The number of pyridine rings is 1. The second-order valence-electron chi connectivity index (χ2n) is 3.15. The predicted octanol–water partition coefficient (Wildman–Crippen LogP) is 2.35. The van der Waals surface area contributed by atoms with Gasteiger partial charge in [0.25, 0.3) is 5.91 Å². The molecule has 0 bridgehead atoms. The molecule has 1 heterocycles. The SMILES string of the molecule is NC(=O)c1ccc2c(Cl)cc(Cl)c(O)c2n1. The van der Waals surface area contributed by atoms with Crippen LogP contribution in [0.5, 0.6) is 5.75 Å². The van der Waals surface area contributed by atoms with Crippen molar-refractivity contribution in [3.63, 3.8) is 0 Å². The molecule has 6 heteroatoms. The van der Waals surface area contributed by atoms with Gasteiger partial charge in [0.15, 0.2) is 5.75 Å². The van der Waals surface area contributed by atoms with Crippen molar-refractivity contribution in [2.75, 3.05) is 0 Å². The third kappa shape index (κ3) is 1.66. The van der Waals surface area contributed by atoms with Crippen molar-refractivity contribution in [3.8, 4) is 5.75 Å². The largest absolute Gasteiger partial charge is 0.504 e. The van der Waals surface area contributed by atoms with Gasteiger partial charge in [0.2, 0.25) is 0 Å². The number of phenolic OH excluding ortho intramolecular Hbond substituents is 1. The van der Waals surface area contributed by atoms with Crippen LogP contribution in [0, 0.1) is 0 Å². The summed E-state index contributed by atoms with van der Waals surface area (Å²) in [7, 11) is 0. The van der Waals surface area contributed by atoms with Gasteiger partial charge in [-0.2, -0.15) is 0 Å². The van der Waals surface area contributed by atoms with Crippen LogP contribution in [0.1, 0.15) is 10.5 Å². The number of hydrogen-bond acceptors (Lipinski definition) is 3. The smallest absolute Gasteiger partial charge is 0.267 e. The molecule has 2 rings (SSSR count). The summed E-state index contributed by atoms with van der Waals surface area (Å²) in [6, 6.07) is 4.40. The summed E-state index contributed by atoms with van der Waals surface area (Å²) in [5.41, 5.74) is 5.29. The molecule has 1 amide bonds. The van der Waals surface area contributed by atoms with Gasteiger partial charge in [0.05, 0.1) is 10.0 Å². The van der Waals surface area contributed by atoms with E-state index in [0.717, 1.165) is 0 Å². The molecule has 16 heavy (non-hydrogen) atoms. The van der Waals surface area contributed by atoms with Crippen LogP contribution >= 0.6 is 23.2 Å². The number of fused-ring (bicyclic) bond motifs is 1. The van der Waals surface area contributed by atoms with E-state index >= 15 is 0 Å². The standard InChI is InChI=1S/C10H6Cl2N2O2/c11-5-3-6(12)9(15)8-4(5)1-2-7(14-8)10(13)16/h1-3,15H,(H2,13,16). The van der Waals surface area contributed by atoms with Crippen molar-refractivity contribution in [3.05, 3.63) is 33.9 Å². The maximum absolute atomic E-state index is 10.9. The predicted molar refractivity (Wildman–Crippen MR) is 61.9 cm³/mol. The number of aromatic hydroxyl groups is 1. The van der Waals surface area contributed by atoms with Crippen molar-refractivity contribution in [2.24, 2.45) is 5.73 Å². The van der Waals surface area contributed by atoms with Gasteiger partial charge in [-0.05, 0) is 18.2 Å². The Morgan fingerprint density at radius 2 is 2.00 bits per heavy atom. The number of rotatable bonds is 1. The van der Waals surface area contributed by atoms with Crippen molar-refractivity contribution < 1.29 is 9.90 Å². The number of carbonyl (C=O) groups is 1. The first-order chi connectivity index (χ1) is 7.50. The summed E-state index contributed by atoms with van der Waals surface area (Å²) >= 11 is 11.6. The van der Waals surface area contributed by atoms with E-state index < -0.39 is 5.91 Å². The van der Waals surface area contributed by atoms with Crippen LogP contribution in [0.25, 0.3) is 10.9 Å². The van der Waals surface area contributed by atoms with E-state index in [1.807, 2.05) is 0 Å². The Morgan fingerprint density at radius 1 is 1.31 bits per heavy atom. The maximum atomic E-state index is 10.9. The van der Waals surface area contributed by atoms with E-state index in [2.05, 4.69) is 4.98 Å². The Kier molecular flexibility index (Phi) is 2.61. The zero-order valence-corrected chi connectivity index (χ0v) is 9.38. The van der Waals surface area contributed by atoms with Crippen molar-refractivity contribution >= 4 is 40.0 Å². The quantitative estimate of drug-likeness (QED) is 0.823.